The minimum Gasteiger partial charge on any atom is -0.469 e. The molecule has 0 aromatic rings. The van der Waals surface area contributed by atoms with Crippen LogP contribution in [-0.2, 0) is 19.1 Å². The van der Waals surface area contributed by atoms with Gasteiger partial charge >= 0.3 is 11.9 Å². The fourth-order valence-corrected chi connectivity index (χ4v) is 1.42. The highest BCUT2D eigenvalue weighted by Gasteiger charge is 2.10. The van der Waals surface area contributed by atoms with Gasteiger partial charge in [-0.1, -0.05) is 13.3 Å². The number of hydrogen-bond acceptors (Lipinski definition) is 5. The van der Waals surface area contributed by atoms with Gasteiger partial charge in [-0.3, -0.25) is 9.59 Å². The third kappa shape index (κ3) is 8.68. The Morgan fingerprint density at radius 1 is 0.941 bits per heavy atom. The van der Waals surface area contributed by atoms with Crippen LogP contribution in [0.25, 0.3) is 0 Å². The quantitative estimate of drug-likeness (QED) is 0.572. The van der Waals surface area contributed by atoms with E-state index in [4.69, 9.17) is 0 Å². The summed E-state index contributed by atoms with van der Waals surface area (Å²) in [6, 6.07) is 0. The van der Waals surface area contributed by atoms with Gasteiger partial charge in [0.15, 0.2) is 0 Å². The Morgan fingerprint density at radius 2 is 1.41 bits per heavy atom. The average molecular weight is 245 g/mol. The normalized spacial score (nSPS) is 10.4. The summed E-state index contributed by atoms with van der Waals surface area (Å²) in [5.41, 5.74) is 0. The van der Waals surface area contributed by atoms with Gasteiger partial charge in [-0.05, 0) is 13.0 Å². The van der Waals surface area contributed by atoms with Crippen molar-refractivity contribution in [3.63, 3.8) is 0 Å². The predicted molar refractivity (Wildman–Crippen MR) is 64.6 cm³/mol. The first-order chi connectivity index (χ1) is 8.13. The molecule has 0 heterocycles. The van der Waals surface area contributed by atoms with Gasteiger partial charge in [0.05, 0.1) is 27.1 Å². The van der Waals surface area contributed by atoms with Crippen molar-refractivity contribution in [1.29, 1.82) is 0 Å². The van der Waals surface area contributed by atoms with Crippen LogP contribution < -0.4 is 0 Å². The second-order valence-electron chi connectivity index (χ2n) is 3.85. The summed E-state index contributed by atoms with van der Waals surface area (Å²) in [6.45, 7) is 4.26. The van der Waals surface area contributed by atoms with Crippen molar-refractivity contribution in [3.05, 3.63) is 0 Å². The van der Waals surface area contributed by atoms with Crippen LogP contribution in [0.3, 0.4) is 0 Å². The summed E-state index contributed by atoms with van der Waals surface area (Å²) in [6.07, 6.45) is 2.87. The number of carbonyl (C=O) groups excluding carboxylic acids is 2. The van der Waals surface area contributed by atoms with Gasteiger partial charge in [-0.15, -0.1) is 0 Å². The second-order valence-corrected chi connectivity index (χ2v) is 3.85. The molecular formula is C12H23NO4. The van der Waals surface area contributed by atoms with Crippen molar-refractivity contribution in [2.24, 2.45) is 0 Å². The second kappa shape index (κ2) is 10.1. The van der Waals surface area contributed by atoms with Gasteiger partial charge in [-0.2, -0.15) is 0 Å². The summed E-state index contributed by atoms with van der Waals surface area (Å²) >= 11 is 0. The molecule has 17 heavy (non-hydrogen) atoms. The van der Waals surface area contributed by atoms with Gasteiger partial charge in [0.2, 0.25) is 0 Å². The summed E-state index contributed by atoms with van der Waals surface area (Å²) < 4.78 is 9.19. The Labute approximate surface area is 103 Å². The molecule has 0 atom stereocenters. The van der Waals surface area contributed by atoms with Crippen molar-refractivity contribution < 1.29 is 19.1 Å². The molecule has 0 saturated carbocycles. The first-order valence-corrected chi connectivity index (χ1v) is 6.00. The summed E-state index contributed by atoms with van der Waals surface area (Å²) in [5, 5.41) is 0. The minimum absolute atomic E-state index is 0.218. The summed E-state index contributed by atoms with van der Waals surface area (Å²) in [4.78, 5) is 24.2. The first-order valence-electron chi connectivity index (χ1n) is 6.00. The number of rotatable bonds is 9. The van der Waals surface area contributed by atoms with Crippen LogP contribution in [0.4, 0.5) is 0 Å². The highest BCUT2D eigenvalue weighted by Crippen LogP contribution is 2.00. The van der Waals surface area contributed by atoms with Crippen LogP contribution in [0, 0.1) is 0 Å². The standard InChI is InChI=1S/C12H23NO4/c1-4-5-8-13(9-6-11(14)16-2)10-7-12(15)17-3/h4-10H2,1-3H3. The van der Waals surface area contributed by atoms with Gasteiger partial charge in [0.25, 0.3) is 0 Å². The van der Waals surface area contributed by atoms with Gasteiger partial charge in [-0.25, -0.2) is 0 Å². The van der Waals surface area contributed by atoms with Crippen molar-refractivity contribution in [2.75, 3.05) is 33.9 Å². The van der Waals surface area contributed by atoms with E-state index in [1.165, 1.54) is 14.2 Å². The molecule has 0 radical (unpaired) electrons. The molecule has 0 amide bonds. The largest absolute Gasteiger partial charge is 0.469 e. The number of unbranched alkanes of at least 4 members (excludes halogenated alkanes) is 1. The Morgan fingerprint density at radius 3 is 1.76 bits per heavy atom. The summed E-state index contributed by atoms with van der Waals surface area (Å²) in [7, 11) is 2.76. The average Bonchev–Trinajstić information content (AvgIpc) is 2.36. The maximum atomic E-state index is 11.0. The van der Waals surface area contributed by atoms with E-state index in [2.05, 4.69) is 21.3 Å². The molecule has 0 fully saturated rings. The SMILES string of the molecule is CCCCN(CCC(=O)OC)CCC(=O)OC. The van der Waals surface area contributed by atoms with E-state index < -0.39 is 0 Å². The van der Waals surface area contributed by atoms with Crippen LogP contribution >= 0.6 is 0 Å². The van der Waals surface area contributed by atoms with Crippen molar-refractivity contribution >= 4 is 11.9 Å². The molecule has 5 heteroatoms. The van der Waals surface area contributed by atoms with Gasteiger partial charge in [0, 0.05) is 13.1 Å². The van der Waals surface area contributed by atoms with Crippen molar-refractivity contribution in [3.8, 4) is 0 Å². The van der Waals surface area contributed by atoms with Gasteiger partial charge in [0.1, 0.15) is 0 Å². The monoisotopic (exact) mass is 245 g/mol. The van der Waals surface area contributed by atoms with Crippen LogP contribution in [0.2, 0.25) is 0 Å². The summed E-state index contributed by atoms with van der Waals surface area (Å²) in [5.74, 6) is -0.436. The molecule has 0 bridgehead atoms. The first kappa shape index (κ1) is 15.9. The number of ether oxygens (including phenoxy) is 2. The van der Waals surface area contributed by atoms with Crippen LogP contribution in [0.1, 0.15) is 32.6 Å². The Hall–Kier alpha value is -1.10. The molecule has 0 rings (SSSR count). The highest BCUT2D eigenvalue weighted by molar-refractivity contribution is 5.70. The minimum atomic E-state index is -0.218. The number of esters is 2. The van der Waals surface area contributed by atoms with Crippen molar-refractivity contribution in [1.82, 2.24) is 4.90 Å². The van der Waals surface area contributed by atoms with E-state index in [0.717, 1.165) is 19.4 Å². The zero-order chi connectivity index (χ0) is 13.1. The van der Waals surface area contributed by atoms with Crippen LogP contribution in [0.5, 0.6) is 0 Å². The van der Waals surface area contributed by atoms with E-state index in [0.29, 0.717) is 25.9 Å². The molecule has 0 N–H and O–H groups in total. The number of carbonyl (C=O) groups is 2. The lowest BCUT2D eigenvalue weighted by atomic mass is 10.2. The van der Waals surface area contributed by atoms with Crippen LogP contribution in [0.15, 0.2) is 0 Å². The third-order valence-electron chi connectivity index (χ3n) is 2.55. The van der Waals surface area contributed by atoms with Crippen molar-refractivity contribution in [2.45, 2.75) is 32.6 Å². The molecule has 0 saturated heterocycles. The van der Waals surface area contributed by atoms with Crippen LogP contribution in [-0.4, -0.2) is 50.7 Å². The van der Waals surface area contributed by atoms with Gasteiger partial charge < -0.3 is 14.4 Å². The highest BCUT2D eigenvalue weighted by atomic mass is 16.5. The molecule has 0 aliphatic carbocycles. The number of hydrogen-bond donors (Lipinski definition) is 0. The molecule has 0 aliphatic rings. The maximum absolute atomic E-state index is 11.0. The molecule has 0 aromatic carbocycles. The predicted octanol–water partition coefficient (Wildman–Crippen LogP) is 1.21. The lowest BCUT2D eigenvalue weighted by molar-refractivity contribution is -0.141. The maximum Gasteiger partial charge on any atom is 0.306 e. The Balaban J connectivity index is 3.95. The molecular weight excluding hydrogens is 222 g/mol. The van der Waals surface area contributed by atoms with E-state index in [1.807, 2.05) is 0 Å². The molecule has 100 valence electrons. The molecule has 0 spiro atoms. The number of methoxy groups -OCH3 is 2. The molecule has 0 aromatic heterocycles. The third-order valence-corrected chi connectivity index (χ3v) is 2.55. The molecule has 0 unspecified atom stereocenters. The Bertz CT molecular complexity index is 211. The lowest BCUT2D eigenvalue weighted by Crippen LogP contribution is -2.30. The zero-order valence-electron chi connectivity index (χ0n) is 11.0. The fraction of sp³-hybridized carbons (Fsp3) is 0.833. The molecule has 5 nitrogen and oxygen atoms in total. The topological polar surface area (TPSA) is 55.8 Å². The van der Waals surface area contributed by atoms with E-state index in [-0.39, 0.29) is 11.9 Å². The van der Waals surface area contributed by atoms with E-state index >= 15 is 0 Å². The zero-order valence-corrected chi connectivity index (χ0v) is 11.0. The van der Waals surface area contributed by atoms with E-state index in [9.17, 15) is 9.59 Å². The Kier molecular flexibility index (Phi) is 9.43. The van der Waals surface area contributed by atoms with E-state index in [1.54, 1.807) is 0 Å². The fourth-order valence-electron chi connectivity index (χ4n) is 1.42. The smallest absolute Gasteiger partial charge is 0.306 e. The number of nitrogens with zero attached hydrogens (tertiary/aromatic N) is 1. The lowest BCUT2D eigenvalue weighted by Gasteiger charge is -2.20. The molecule has 0 aliphatic heterocycles.